The summed E-state index contributed by atoms with van der Waals surface area (Å²) in [6.45, 7) is 0. The van der Waals surface area contributed by atoms with Gasteiger partial charge >= 0.3 is 0 Å². The van der Waals surface area contributed by atoms with Crippen molar-refractivity contribution in [2.24, 2.45) is 17.8 Å². The molecule has 4 aliphatic rings. The molecule has 1 atom stereocenters. The highest BCUT2D eigenvalue weighted by molar-refractivity contribution is 7.28. The molecule has 1 aromatic carbocycles. The van der Waals surface area contributed by atoms with Crippen LogP contribution in [0.4, 0.5) is 5.69 Å². The maximum absolute atomic E-state index is 2.95. The highest BCUT2D eigenvalue weighted by Gasteiger charge is 2.52. The van der Waals surface area contributed by atoms with Crippen LogP contribution in [0.2, 0.25) is 0 Å². The van der Waals surface area contributed by atoms with Gasteiger partial charge in [0.05, 0.1) is 0 Å². The van der Waals surface area contributed by atoms with Crippen molar-refractivity contribution in [3.63, 3.8) is 0 Å². The quantitative estimate of drug-likeness (QED) is 0.749. The first kappa shape index (κ1) is 13.1. The molecule has 1 nitrogen and oxygen atoms in total. The molecule has 0 saturated heterocycles. The molecule has 1 unspecified atom stereocenters. The Morgan fingerprint density at radius 3 is 2.05 bits per heavy atom. The summed E-state index contributed by atoms with van der Waals surface area (Å²) in [5.41, 5.74) is 3.62. The first-order valence-corrected chi connectivity index (χ1v) is 8.71. The predicted octanol–water partition coefficient (Wildman–Crippen LogP) is 3.72. The zero-order chi connectivity index (χ0) is 13.9. The number of hydrogen-bond donors (Lipinski definition) is 0. The van der Waals surface area contributed by atoms with Crippen molar-refractivity contribution in [2.45, 2.75) is 43.9 Å². The van der Waals surface area contributed by atoms with Crippen molar-refractivity contribution in [3.8, 4) is 0 Å². The van der Waals surface area contributed by atoms with Gasteiger partial charge in [-0.05, 0) is 72.6 Å². The molecular formula is C18H26NP. The molecule has 2 heteroatoms. The smallest absolute Gasteiger partial charge is 0.0472 e. The third kappa shape index (κ3) is 1.86. The van der Waals surface area contributed by atoms with Gasteiger partial charge in [-0.1, -0.05) is 18.2 Å². The van der Waals surface area contributed by atoms with E-state index in [4.69, 9.17) is 0 Å². The van der Waals surface area contributed by atoms with Gasteiger partial charge in [-0.2, -0.15) is 0 Å². The number of rotatable bonds is 2. The van der Waals surface area contributed by atoms with E-state index in [1.807, 2.05) is 0 Å². The maximum Gasteiger partial charge on any atom is 0.0472 e. The van der Waals surface area contributed by atoms with Crippen LogP contribution in [0.3, 0.4) is 0 Å². The lowest BCUT2D eigenvalue weighted by atomic mass is 9.48. The summed E-state index contributed by atoms with van der Waals surface area (Å²) < 4.78 is 0. The minimum absolute atomic E-state index is 0.501. The zero-order valence-corrected chi connectivity index (χ0v) is 13.9. The van der Waals surface area contributed by atoms with E-state index in [0.29, 0.717) is 5.41 Å². The fraction of sp³-hybridized carbons (Fsp3) is 0.667. The van der Waals surface area contributed by atoms with Crippen LogP contribution in [0.1, 0.15) is 44.1 Å². The van der Waals surface area contributed by atoms with E-state index < -0.39 is 0 Å². The fourth-order valence-corrected chi connectivity index (χ4v) is 6.45. The molecule has 0 aromatic heterocycles. The van der Waals surface area contributed by atoms with Gasteiger partial charge in [-0.3, -0.25) is 0 Å². The molecule has 4 fully saturated rings. The lowest BCUT2D eigenvalue weighted by Gasteiger charge is -2.57. The molecule has 5 rings (SSSR count). The van der Waals surface area contributed by atoms with Crippen LogP contribution >= 0.6 is 9.24 Å². The number of anilines is 1. The van der Waals surface area contributed by atoms with Gasteiger partial charge in [0.2, 0.25) is 0 Å². The molecule has 4 aliphatic carbocycles. The minimum Gasteiger partial charge on any atom is -0.377 e. The Bertz CT molecular complexity index is 499. The van der Waals surface area contributed by atoms with Crippen molar-refractivity contribution in [1.82, 2.24) is 0 Å². The highest BCUT2D eigenvalue weighted by Crippen LogP contribution is 2.61. The second kappa shape index (κ2) is 4.47. The maximum atomic E-state index is 2.95. The van der Waals surface area contributed by atoms with Gasteiger partial charge < -0.3 is 4.90 Å². The first-order chi connectivity index (χ1) is 9.57. The van der Waals surface area contributed by atoms with Crippen LogP contribution in [0, 0.1) is 17.8 Å². The number of para-hydroxylation sites is 1. The predicted molar refractivity (Wildman–Crippen MR) is 90.0 cm³/mol. The Labute approximate surface area is 125 Å². The van der Waals surface area contributed by atoms with Gasteiger partial charge in [0, 0.05) is 19.8 Å². The van der Waals surface area contributed by atoms with Crippen LogP contribution in [-0.2, 0) is 5.41 Å². The van der Waals surface area contributed by atoms with Crippen molar-refractivity contribution >= 4 is 20.2 Å². The lowest BCUT2D eigenvalue weighted by Crippen LogP contribution is -2.49. The third-order valence-electron chi connectivity index (χ3n) is 6.12. The third-order valence-corrected chi connectivity index (χ3v) is 6.59. The first-order valence-electron chi connectivity index (χ1n) is 8.14. The van der Waals surface area contributed by atoms with Crippen molar-refractivity contribution in [3.05, 3.63) is 23.8 Å². The molecule has 0 amide bonds. The topological polar surface area (TPSA) is 3.24 Å². The fourth-order valence-electron chi connectivity index (χ4n) is 5.93. The van der Waals surface area contributed by atoms with Gasteiger partial charge in [0.15, 0.2) is 0 Å². The molecule has 0 N–H and O–H groups in total. The van der Waals surface area contributed by atoms with Gasteiger partial charge in [-0.15, -0.1) is 9.24 Å². The van der Waals surface area contributed by atoms with Crippen molar-refractivity contribution < 1.29 is 0 Å². The monoisotopic (exact) mass is 287 g/mol. The van der Waals surface area contributed by atoms with Gasteiger partial charge in [-0.25, -0.2) is 0 Å². The number of benzene rings is 1. The van der Waals surface area contributed by atoms with E-state index in [0.717, 1.165) is 17.8 Å². The van der Waals surface area contributed by atoms with E-state index >= 15 is 0 Å². The van der Waals surface area contributed by atoms with Gasteiger partial charge in [0.1, 0.15) is 0 Å². The highest BCUT2D eigenvalue weighted by atomic mass is 31.0. The SMILES string of the molecule is CN(C)c1c(P)cccc1C12CC3CC(CC(C3)C1)C2. The zero-order valence-electron chi connectivity index (χ0n) is 12.7. The van der Waals surface area contributed by atoms with Crippen molar-refractivity contribution in [2.75, 3.05) is 19.0 Å². The summed E-state index contributed by atoms with van der Waals surface area (Å²) in [5.74, 6) is 3.05. The van der Waals surface area contributed by atoms with Crippen LogP contribution in [0.5, 0.6) is 0 Å². The summed E-state index contributed by atoms with van der Waals surface area (Å²) in [6, 6.07) is 6.93. The van der Waals surface area contributed by atoms with Crippen LogP contribution in [-0.4, -0.2) is 14.1 Å². The molecule has 0 radical (unpaired) electrons. The van der Waals surface area contributed by atoms with E-state index in [2.05, 4.69) is 46.4 Å². The molecule has 4 saturated carbocycles. The Kier molecular flexibility index (Phi) is 2.94. The largest absolute Gasteiger partial charge is 0.377 e. The average Bonchev–Trinajstić information content (AvgIpc) is 2.36. The molecule has 0 aliphatic heterocycles. The molecule has 0 spiro atoms. The van der Waals surface area contributed by atoms with Crippen molar-refractivity contribution in [1.29, 1.82) is 0 Å². The molecule has 0 heterocycles. The van der Waals surface area contributed by atoms with Crippen LogP contribution in [0.15, 0.2) is 18.2 Å². The summed E-state index contributed by atoms with van der Waals surface area (Å²) in [5, 5.41) is 1.36. The van der Waals surface area contributed by atoms with Crippen LogP contribution in [0.25, 0.3) is 0 Å². The Morgan fingerprint density at radius 1 is 1.00 bits per heavy atom. The Hall–Kier alpha value is -0.550. The van der Waals surface area contributed by atoms with Gasteiger partial charge in [0.25, 0.3) is 0 Å². The molecule has 108 valence electrons. The summed E-state index contributed by atoms with van der Waals surface area (Å²) in [7, 11) is 7.35. The molecule has 4 bridgehead atoms. The Balaban J connectivity index is 1.83. The van der Waals surface area contributed by atoms with E-state index in [9.17, 15) is 0 Å². The summed E-state index contributed by atoms with van der Waals surface area (Å²) in [6.07, 6.45) is 8.93. The second-order valence-corrected chi connectivity index (χ2v) is 8.46. The normalized spacial score (nSPS) is 38.2. The second-order valence-electron chi connectivity index (χ2n) is 7.84. The standard InChI is InChI=1S/C18H26NP/c1-19(2)17-15(4-3-5-16(17)20)18-9-12-6-13(10-18)8-14(7-12)11-18/h3-5,12-14H,6-11,20H2,1-2H3. The summed E-state index contributed by atoms with van der Waals surface area (Å²) in [4.78, 5) is 2.33. The molecule has 1 aromatic rings. The van der Waals surface area contributed by atoms with Crippen LogP contribution < -0.4 is 10.2 Å². The molecular weight excluding hydrogens is 261 g/mol. The van der Waals surface area contributed by atoms with E-state index in [1.54, 1.807) is 5.56 Å². The Morgan fingerprint density at radius 2 is 1.55 bits per heavy atom. The average molecular weight is 287 g/mol. The lowest BCUT2D eigenvalue weighted by molar-refractivity contribution is -0.00491. The summed E-state index contributed by atoms with van der Waals surface area (Å²) >= 11 is 0. The number of nitrogens with zero attached hydrogens (tertiary/aromatic N) is 1. The minimum atomic E-state index is 0.501. The molecule has 20 heavy (non-hydrogen) atoms. The van der Waals surface area contributed by atoms with E-state index in [-0.39, 0.29) is 0 Å². The van der Waals surface area contributed by atoms with E-state index in [1.165, 1.54) is 49.5 Å². The number of hydrogen-bond acceptors (Lipinski definition) is 1.